The third-order valence-corrected chi connectivity index (χ3v) is 3.11. The molecule has 1 amide bonds. The monoisotopic (exact) mass is 308 g/mol. The minimum absolute atomic E-state index is 0. The van der Waals surface area contributed by atoms with Crippen LogP contribution in [0.5, 0.6) is 0 Å². The number of hydrogen-bond donors (Lipinski definition) is 1. The van der Waals surface area contributed by atoms with Crippen LogP contribution in [0.3, 0.4) is 0 Å². The summed E-state index contributed by atoms with van der Waals surface area (Å²) in [6.07, 6.45) is -4.25. The Bertz CT molecular complexity index is 439. The van der Waals surface area contributed by atoms with Gasteiger partial charge in [0.25, 0.3) is 0 Å². The van der Waals surface area contributed by atoms with Gasteiger partial charge in [-0.1, -0.05) is 30.3 Å². The van der Waals surface area contributed by atoms with E-state index in [0.29, 0.717) is 26.1 Å². The molecule has 20 heavy (non-hydrogen) atoms. The van der Waals surface area contributed by atoms with E-state index in [2.05, 4.69) is 0 Å². The highest BCUT2D eigenvalue weighted by Crippen LogP contribution is 2.18. The van der Waals surface area contributed by atoms with E-state index in [9.17, 15) is 18.0 Å². The standard InChI is InChI=1S/C13H15F3N2O.ClH/c14-13(15,16)12(19)17-11-6-7-18(9-11)8-10-4-2-1-3-5-10;/h1-5,11H,6-9H2,(H,17,19);1H. The summed E-state index contributed by atoms with van der Waals surface area (Å²) in [6, 6.07) is 9.30. The fourth-order valence-electron chi connectivity index (χ4n) is 2.20. The molecule has 1 aromatic carbocycles. The van der Waals surface area contributed by atoms with Crippen molar-refractivity contribution in [2.24, 2.45) is 0 Å². The molecule has 1 saturated heterocycles. The minimum atomic E-state index is -4.80. The lowest BCUT2D eigenvalue weighted by molar-refractivity contribution is -0.174. The van der Waals surface area contributed by atoms with Gasteiger partial charge in [-0.2, -0.15) is 13.2 Å². The van der Waals surface area contributed by atoms with Crippen LogP contribution in [0.2, 0.25) is 0 Å². The van der Waals surface area contributed by atoms with Crippen molar-refractivity contribution in [3.63, 3.8) is 0 Å². The van der Waals surface area contributed by atoms with Gasteiger partial charge in [0.05, 0.1) is 0 Å². The molecule has 0 saturated carbocycles. The topological polar surface area (TPSA) is 32.3 Å². The second-order valence-electron chi connectivity index (χ2n) is 4.68. The van der Waals surface area contributed by atoms with Crippen molar-refractivity contribution in [1.29, 1.82) is 0 Å². The lowest BCUT2D eigenvalue weighted by Crippen LogP contribution is -2.44. The van der Waals surface area contributed by atoms with E-state index >= 15 is 0 Å². The second kappa shape index (κ2) is 6.95. The summed E-state index contributed by atoms with van der Waals surface area (Å²) >= 11 is 0. The van der Waals surface area contributed by atoms with Crippen LogP contribution < -0.4 is 5.32 Å². The molecule has 7 heteroatoms. The number of carbonyl (C=O) groups excluding carboxylic acids is 1. The first-order valence-corrected chi connectivity index (χ1v) is 6.09. The Balaban J connectivity index is 0.00000200. The van der Waals surface area contributed by atoms with Crippen molar-refractivity contribution in [3.05, 3.63) is 35.9 Å². The third kappa shape index (κ3) is 4.68. The number of amides is 1. The number of rotatable bonds is 3. The summed E-state index contributed by atoms with van der Waals surface area (Å²) in [4.78, 5) is 12.9. The van der Waals surface area contributed by atoms with Crippen molar-refractivity contribution in [3.8, 4) is 0 Å². The van der Waals surface area contributed by atoms with Crippen molar-refractivity contribution < 1.29 is 18.0 Å². The first-order chi connectivity index (χ1) is 8.95. The number of nitrogens with one attached hydrogen (secondary N) is 1. The van der Waals surface area contributed by atoms with Crippen molar-refractivity contribution in [2.75, 3.05) is 13.1 Å². The van der Waals surface area contributed by atoms with Gasteiger partial charge < -0.3 is 5.32 Å². The highest BCUT2D eigenvalue weighted by atomic mass is 35.5. The van der Waals surface area contributed by atoms with E-state index in [0.717, 1.165) is 5.56 Å². The molecule has 0 aliphatic carbocycles. The lowest BCUT2D eigenvalue weighted by Gasteiger charge is -2.17. The quantitative estimate of drug-likeness (QED) is 0.930. The van der Waals surface area contributed by atoms with Crippen LogP contribution in [0.25, 0.3) is 0 Å². The summed E-state index contributed by atoms with van der Waals surface area (Å²) in [5.41, 5.74) is 1.12. The molecule has 1 unspecified atom stereocenters. The van der Waals surface area contributed by atoms with Crippen molar-refractivity contribution >= 4 is 18.3 Å². The normalized spacial score (nSPS) is 19.4. The molecular weight excluding hydrogens is 293 g/mol. The maximum absolute atomic E-state index is 12.1. The number of nitrogens with zero attached hydrogens (tertiary/aromatic N) is 1. The smallest absolute Gasteiger partial charge is 0.344 e. The molecule has 1 aliphatic rings. The average molecular weight is 309 g/mol. The Labute approximate surface area is 121 Å². The first-order valence-electron chi connectivity index (χ1n) is 6.09. The van der Waals surface area contributed by atoms with E-state index in [1.165, 1.54) is 0 Å². The Morgan fingerprint density at radius 3 is 2.55 bits per heavy atom. The Morgan fingerprint density at radius 2 is 1.95 bits per heavy atom. The predicted octanol–water partition coefficient (Wildman–Crippen LogP) is 2.36. The molecule has 0 aromatic heterocycles. The summed E-state index contributed by atoms with van der Waals surface area (Å²) < 4.78 is 36.4. The van der Waals surface area contributed by atoms with Crippen LogP contribution in [0.1, 0.15) is 12.0 Å². The molecule has 1 aromatic rings. The average Bonchev–Trinajstić information content (AvgIpc) is 2.76. The molecule has 1 atom stereocenters. The van der Waals surface area contributed by atoms with Crippen molar-refractivity contribution in [1.82, 2.24) is 10.2 Å². The number of hydrogen-bond acceptors (Lipinski definition) is 2. The molecule has 3 nitrogen and oxygen atoms in total. The van der Waals surface area contributed by atoms with E-state index < -0.39 is 18.1 Å². The molecule has 1 aliphatic heterocycles. The zero-order chi connectivity index (χ0) is 13.9. The second-order valence-corrected chi connectivity index (χ2v) is 4.68. The van der Waals surface area contributed by atoms with Crippen LogP contribution in [0.15, 0.2) is 30.3 Å². The third-order valence-electron chi connectivity index (χ3n) is 3.11. The maximum atomic E-state index is 12.1. The molecule has 0 bridgehead atoms. The van der Waals surface area contributed by atoms with E-state index in [4.69, 9.17) is 0 Å². The minimum Gasteiger partial charge on any atom is -0.344 e. The maximum Gasteiger partial charge on any atom is 0.471 e. The Morgan fingerprint density at radius 1 is 1.30 bits per heavy atom. The Kier molecular flexibility index (Phi) is 5.83. The fraction of sp³-hybridized carbons (Fsp3) is 0.462. The molecule has 1 heterocycles. The van der Waals surface area contributed by atoms with Gasteiger partial charge in [0.15, 0.2) is 0 Å². The number of alkyl halides is 3. The predicted molar refractivity (Wildman–Crippen MR) is 71.6 cm³/mol. The van der Waals surface area contributed by atoms with Gasteiger partial charge >= 0.3 is 12.1 Å². The van der Waals surface area contributed by atoms with Gasteiger partial charge in [-0.3, -0.25) is 9.69 Å². The fourth-order valence-corrected chi connectivity index (χ4v) is 2.20. The zero-order valence-corrected chi connectivity index (χ0v) is 11.5. The molecule has 0 spiro atoms. The van der Waals surface area contributed by atoms with Crippen LogP contribution in [0.4, 0.5) is 13.2 Å². The van der Waals surface area contributed by atoms with Gasteiger partial charge in [0.1, 0.15) is 0 Å². The number of carbonyl (C=O) groups is 1. The van der Waals surface area contributed by atoms with Gasteiger partial charge in [0.2, 0.25) is 0 Å². The van der Waals surface area contributed by atoms with E-state index in [1.54, 1.807) is 0 Å². The lowest BCUT2D eigenvalue weighted by atomic mass is 10.2. The molecular formula is C13H16ClF3N2O. The first kappa shape index (κ1) is 16.8. The molecule has 1 N–H and O–H groups in total. The van der Waals surface area contributed by atoms with Gasteiger partial charge in [-0.25, -0.2) is 0 Å². The summed E-state index contributed by atoms with van der Waals surface area (Å²) in [5.74, 6) is -1.85. The number of halogens is 4. The summed E-state index contributed by atoms with van der Waals surface area (Å²) in [7, 11) is 0. The van der Waals surface area contributed by atoms with Gasteiger partial charge in [-0.05, 0) is 12.0 Å². The summed E-state index contributed by atoms with van der Waals surface area (Å²) in [6.45, 7) is 1.84. The largest absolute Gasteiger partial charge is 0.471 e. The Hall–Kier alpha value is -1.27. The van der Waals surface area contributed by atoms with Gasteiger partial charge in [0, 0.05) is 25.7 Å². The van der Waals surface area contributed by atoms with Crippen LogP contribution in [-0.2, 0) is 11.3 Å². The van der Waals surface area contributed by atoms with Crippen LogP contribution >= 0.6 is 12.4 Å². The molecule has 112 valence electrons. The zero-order valence-electron chi connectivity index (χ0n) is 10.7. The van der Waals surface area contributed by atoms with Gasteiger partial charge in [-0.15, -0.1) is 12.4 Å². The highest BCUT2D eigenvalue weighted by molar-refractivity contribution is 5.85. The number of likely N-dealkylation sites (tertiary alicyclic amines) is 1. The number of benzene rings is 1. The SMILES string of the molecule is Cl.O=C(NC1CCN(Cc2ccccc2)C1)C(F)(F)F. The molecule has 1 fully saturated rings. The van der Waals surface area contributed by atoms with Crippen molar-refractivity contribution in [2.45, 2.75) is 25.2 Å². The summed E-state index contributed by atoms with van der Waals surface area (Å²) in [5, 5.41) is 2.03. The highest BCUT2D eigenvalue weighted by Gasteiger charge is 2.40. The van der Waals surface area contributed by atoms with E-state index in [1.807, 2.05) is 40.5 Å². The molecule has 2 rings (SSSR count). The van der Waals surface area contributed by atoms with E-state index in [-0.39, 0.29) is 12.4 Å². The van der Waals surface area contributed by atoms with Crippen LogP contribution in [-0.4, -0.2) is 36.1 Å². The van der Waals surface area contributed by atoms with Crippen LogP contribution in [0, 0.1) is 0 Å². The molecule has 0 radical (unpaired) electrons.